The van der Waals surface area contributed by atoms with Crippen LogP contribution in [0.1, 0.15) is 18.9 Å². The molecule has 0 fully saturated rings. The van der Waals surface area contributed by atoms with Crippen LogP contribution in [0, 0.1) is 0 Å². The van der Waals surface area contributed by atoms with E-state index in [1.54, 1.807) is 14.2 Å². The van der Waals surface area contributed by atoms with Crippen molar-refractivity contribution in [3.63, 3.8) is 0 Å². The summed E-state index contributed by atoms with van der Waals surface area (Å²) in [5.74, 6) is 2.69. The summed E-state index contributed by atoms with van der Waals surface area (Å²) in [5.41, 5.74) is 1.17. The smallest absolute Gasteiger partial charge is 0.161 e. The number of hydrogen-bond donors (Lipinski definition) is 1. The largest absolute Gasteiger partial charge is 0.493 e. The van der Waals surface area contributed by atoms with Gasteiger partial charge >= 0.3 is 0 Å². The highest BCUT2D eigenvalue weighted by Crippen LogP contribution is 2.33. The van der Waals surface area contributed by atoms with Gasteiger partial charge in [0.05, 0.1) is 14.2 Å². The first-order valence-corrected chi connectivity index (χ1v) is 8.43. The van der Waals surface area contributed by atoms with Crippen LogP contribution in [0.4, 0.5) is 0 Å². The number of rotatable bonds is 8. The summed E-state index contributed by atoms with van der Waals surface area (Å²) in [4.78, 5) is 0. The third kappa shape index (κ3) is 5.24. The van der Waals surface area contributed by atoms with E-state index in [1.165, 1.54) is 17.7 Å². The van der Waals surface area contributed by atoms with Gasteiger partial charge in [0.2, 0.25) is 0 Å². The van der Waals surface area contributed by atoms with Crippen molar-refractivity contribution < 1.29 is 9.47 Å². The number of halogens is 1. The molecule has 108 valence electrons. The molecule has 0 saturated carbocycles. The van der Waals surface area contributed by atoms with Crippen molar-refractivity contribution in [1.82, 2.24) is 5.32 Å². The molecule has 0 aliphatic rings. The minimum atomic E-state index is 0.507. The highest BCUT2D eigenvalue weighted by molar-refractivity contribution is 9.10. The van der Waals surface area contributed by atoms with E-state index in [9.17, 15) is 0 Å². The Hall–Kier alpha value is -0.390. The minimum absolute atomic E-state index is 0.507. The fourth-order valence-corrected chi connectivity index (χ4v) is 2.76. The van der Waals surface area contributed by atoms with Crippen molar-refractivity contribution >= 4 is 27.7 Å². The van der Waals surface area contributed by atoms with Gasteiger partial charge in [-0.25, -0.2) is 0 Å². The molecular formula is C14H22BrNO2S. The van der Waals surface area contributed by atoms with Crippen LogP contribution in [0.15, 0.2) is 16.6 Å². The van der Waals surface area contributed by atoms with Crippen LogP contribution in [0.5, 0.6) is 11.5 Å². The monoisotopic (exact) mass is 347 g/mol. The molecule has 1 N–H and O–H groups in total. The van der Waals surface area contributed by atoms with Gasteiger partial charge in [0.25, 0.3) is 0 Å². The van der Waals surface area contributed by atoms with Crippen LogP contribution in [0.3, 0.4) is 0 Å². The normalized spacial score (nSPS) is 12.3. The first-order valence-electron chi connectivity index (χ1n) is 6.25. The number of thioether (sulfide) groups is 1. The van der Waals surface area contributed by atoms with E-state index in [0.717, 1.165) is 22.5 Å². The van der Waals surface area contributed by atoms with Crippen LogP contribution in [0.2, 0.25) is 0 Å². The van der Waals surface area contributed by atoms with E-state index in [-0.39, 0.29) is 0 Å². The summed E-state index contributed by atoms with van der Waals surface area (Å²) in [7, 11) is 3.30. The summed E-state index contributed by atoms with van der Waals surface area (Å²) in [6.45, 7) is 3.03. The van der Waals surface area contributed by atoms with Gasteiger partial charge in [-0.15, -0.1) is 0 Å². The zero-order valence-corrected chi connectivity index (χ0v) is 14.4. The summed E-state index contributed by atoms with van der Waals surface area (Å²) in [5, 5.41) is 3.52. The van der Waals surface area contributed by atoms with E-state index < -0.39 is 0 Å². The summed E-state index contributed by atoms with van der Waals surface area (Å²) >= 11 is 5.45. The Balaban J connectivity index is 2.67. The predicted octanol–water partition coefficient (Wildman–Crippen LogP) is 3.70. The lowest BCUT2D eigenvalue weighted by molar-refractivity contribution is 0.354. The number of methoxy groups -OCH3 is 2. The van der Waals surface area contributed by atoms with Crippen LogP contribution >= 0.6 is 27.7 Å². The molecule has 1 atom stereocenters. The Labute approximate surface area is 128 Å². The third-order valence-electron chi connectivity index (χ3n) is 2.95. The molecule has 0 spiro atoms. The summed E-state index contributed by atoms with van der Waals surface area (Å²) in [6, 6.07) is 4.46. The van der Waals surface area contributed by atoms with Gasteiger partial charge in [-0.05, 0) is 43.0 Å². The van der Waals surface area contributed by atoms with Crippen molar-refractivity contribution in [2.45, 2.75) is 25.9 Å². The van der Waals surface area contributed by atoms with Crippen molar-refractivity contribution in [2.75, 3.05) is 26.2 Å². The van der Waals surface area contributed by atoms with Crippen LogP contribution in [0.25, 0.3) is 0 Å². The number of hydrogen-bond acceptors (Lipinski definition) is 4. The molecule has 1 aromatic rings. The van der Waals surface area contributed by atoms with Gasteiger partial charge in [-0.2, -0.15) is 11.8 Å². The van der Waals surface area contributed by atoms with E-state index in [4.69, 9.17) is 9.47 Å². The first kappa shape index (κ1) is 16.7. The van der Waals surface area contributed by atoms with Crippen LogP contribution < -0.4 is 14.8 Å². The van der Waals surface area contributed by atoms with Crippen molar-refractivity contribution in [1.29, 1.82) is 0 Å². The molecule has 0 aliphatic heterocycles. The third-order valence-corrected chi connectivity index (χ3v) is 4.33. The maximum absolute atomic E-state index is 5.33. The quantitative estimate of drug-likeness (QED) is 0.776. The highest BCUT2D eigenvalue weighted by Gasteiger charge is 2.10. The zero-order chi connectivity index (χ0) is 14.3. The van der Waals surface area contributed by atoms with Crippen molar-refractivity contribution in [2.24, 2.45) is 0 Å². The topological polar surface area (TPSA) is 30.5 Å². The van der Waals surface area contributed by atoms with E-state index in [0.29, 0.717) is 6.04 Å². The zero-order valence-electron chi connectivity index (χ0n) is 12.0. The standard InChI is InChI=1S/C14H22BrNO2S/c1-10(5-6-19-4)16-9-11-7-13(17-2)14(18-3)8-12(11)15/h7-8,10,16H,5-6,9H2,1-4H3. The molecule has 0 aliphatic carbocycles. The Kier molecular flexibility index (Phi) is 7.64. The lowest BCUT2D eigenvalue weighted by atomic mass is 10.1. The Morgan fingerprint density at radius 2 is 1.89 bits per heavy atom. The molecule has 0 bridgehead atoms. The van der Waals surface area contributed by atoms with Gasteiger partial charge in [-0.3, -0.25) is 0 Å². The molecule has 19 heavy (non-hydrogen) atoms. The SMILES string of the molecule is COc1cc(Br)c(CNC(C)CCSC)cc1OC. The van der Waals surface area contributed by atoms with E-state index in [1.807, 2.05) is 23.9 Å². The van der Waals surface area contributed by atoms with Crippen molar-refractivity contribution in [3.05, 3.63) is 22.2 Å². The summed E-state index contributed by atoms with van der Waals surface area (Å²) in [6.07, 6.45) is 3.31. The molecule has 5 heteroatoms. The Morgan fingerprint density at radius 1 is 1.26 bits per heavy atom. The highest BCUT2D eigenvalue weighted by atomic mass is 79.9. The van der Waals surface area contributed by atoms with Crippen LogP contribution in [-0.4, -0.2) is 32.3 Å². The minimum Gasteiger partial charge on any atom is -0.493 e. The second-order valence-corrected chi connectivity index (χ2v) is 6.20. The maximum Gasteiger partial charge on any atom is 0.161 e. The molecule has 0 heterocycles. The van der Waals surface area contributed by atoms with Gasteiger partial charge in [0.1, 0.15) is 0 Å². The molecular weight excluding hydrogens is 326 g/mol. The molecule has 0 aromatic heterocycles. The number of ether oxygens (including phenoxy) is 2. The molecule has 3 nitrogen and oxygen atoms in total. The molecule has 0 amide bonds. The molecule has 1 unspecified atom stereocenters. The lowest BCUT2D eigenvalue weighted by Crippen LogP contribution is -2.26. The van der Waals surface area contributed by atoms with Crippen LogP contribution in [-0.2, 0) is 6.54 Å². The summed E-state index contributed by atoms with van der Waals surface area (Å²) < 4.78 is 11.6. The maximum atomic E-state index is 5.33. The average Bonchev–Trinajstić information content (AvgIpc) is 2.43. The predicted molar refractivity (Wildman–Crippen MR) is 86.5 cm³/mol. The van der Waals surface area contributed by atoms with Gasteiger partial charge in [0, 0.05) is 17.1 Å². The van der Waals surface area contributed by atoms with E-state index in [2.05, 4.69) is 34.4 Å². The fraction of sp³-hybridized carbons (Fsp3) is 0.571. The molecule has 1 aromatic carbocycles. The van der Waals surface area contributed by atoms with Gasteiger partial charge in [0.15, 0.2) is 11.5 Å². The number of nitrogens with one attached hydrogen (secondary N) is 1. The van der Waals surface area contributed by atoms with E-state index >= 15 is 0 Å². The van der Waals surface area contributed by atoms with Crippen molar-refractivity contribution in [3.8, 4) is 11.5 Å². The number of benzene rings is 1. The lowest BCUT2D eigenvalue weighted by Gasteiger charge is -2.16. The second-order valence-electron chi connectivity index (χ2n) is 4.36. The second kappa shape index (κ2) is 8.72. The molecule has 0 radical (unpaired) electrons. The first-order chi connectivity index (χ1) is 9.12. The van der Waals surface area contributed by atoms with Gasteiger partial charge in [-0.1, -0.05) is 15.9 Å². The Morgan fingerprint density at radius 3 is 2.47 bits per heavy atom. The average molecular weight is 348 g/mol. The molecule has 0 saturated heterocycles. The van der Waals surface area contributed by atoms with Gasteiger partial charge < -0.3 is 14.8 Å². The fourth-order valence-electron chi connectivity index (χ4n) is 1.71. The Bertz CT molecular complexity index is 401. The molecule has 1 rings (SSSR count).